The molecule has 6 heteroatoms. The first-order valence-electron chi connectivity index (χ1n) is 5.31. The van der Waals surface area contributed by atoms with Gasteiger partial charge in [0.25, 0.3) is 0 Å². The first kappa shape index (κ1) is 12.2. The number of aliphatic hydroxyl groups is 2. The van der Waals surface area contributed by atoms with E-state index in [1.54, 1.807) is 18.2 Å². The molecule has 5 nitrogen and oxygen atoms in total. The molecule has 0 aliphatic carbocycles. The monoisotopic (exact) mass is 254 g/mol. The Labute approximate surface area is 103 Å². The number of hydrogen-bond acceptors (Lipinski definition) is 4. The number of imidazole rings is 1. The number of H-pyrrole nitrogens is 2. The maximum Gasteiger partial charge on any atom is 0.323 e. The van der Waals surface area contributed by atoms with Crippen molar-refractivity contribution in [3.05, 3.63) is 34.2 Å². The topological polar surface area (TPSA) is 89.1 Å². The van der Waals surface area contributed by atoms with E-state index in [4.69, 9.17) is 0 Å². The number of benzene rings is 1. The highest BCUT2D eigenvalue weighted by Gasteiger charge is 2.18. The molecule has 1 heterocycles. The smallest absolute Gasteiger partial charge is 0.323 e. The number of nitrogens with one attached hydrogen (secondary N) is 2. The third kappa shape index (κ3) is 2.54. The van der Waals surface area contributed by atoms with Crippen LogP contribution >= 0.6 is 12.6 Å². The van der Waals surface area contributed by atoms with Gasteiger partial charge >= 0.3 is 5.69 Å². The molecule has 2 aromatic rings. The summed E-state index contributed by atoms with van der Waals surface area (Å²) >= 11 is 4.01. The minimum Gasteiger partial charge on any atom is -0.390 e. The number of aromatic nitrogens is 2. The molecule has 2 rings (SSSR count). The van der Waals surface area contributed by atoms with E-state index >= 15 is 0 Å². The van der Waals surface area contributed by atoms with Crippen molar-refractivity contribution in [1.29, 1.82) is 0 Å². The molecule has 0 saturated carbocycles. The van der Waals surface area contributed by atoms with Crippen LogP contribution in [0, 0.1) is 0 Å². The van der Waals surface area contributed by atoms with E-state index in [1.807, 2.05) is 0 Å². The molecule has 0 spiro atoms. The van der Waals surface area contributed by atoms with Gasteiger partial charge < -0.3 is 20.2 Å². The molecule has 0 bridgehead atoms. The van der Waals surface area contributed by atoms with Gasteiger partial charge in [-0.2, -0.15) is 12.6 Å². The van der Waals surface area contributed by atoms with E-state index in [2.05, 4.69) is 22.6 Å². The van der Waals surface area contributed by atoms with E-state index in [0.29, 0.717) is 28.8 Å². The Hall–Kier alpha value is -1.24. The summed E-state index contributed by atoms with van der Waals surface area (Å²) in [4.78, 5) is 16.3. The van der Waals surface area contributed by atoms with E-state index in [-0.39, 0.29) is 5.69 Å². The number of aromatic amines is 2. The molecular weight excluding hydrogens is 240 g/mol. The summed E-state index contributed by atoms with van der Waals surface area (Å²) in [6.07, 6.45) is -1.41. The van der Waals surface area contributed by atoms with Crippen molar-refractivity contribution in [2.45, 2.75) is 18.6 Å². The zero-order valence-electron chi connectivity index (χ0n) is 9.05. The van der Waals surface area contributed by atoms with Gasteiger partial charge in [-0.25, -0.2) is 4.79 Å². The van der Waals surface area contributed by atoms with Crippen LogP contribution in [0.1, 0.15) is 18.1 Å². The predicted molar refractivity (Wildman–Crippen MR) is 68.4 cm³/mol. The van der Waals surface area contributed by atoms with E-state index in [9.17, 15) is 15.0 Å². The highest BCUT2D eigenvalue weighted by Crippen LogP contribution is 2.21. The molecule has 1 aromatic heterocycles. The molecule has 4 N–H and O–H groups in total. The summed E-state index contributed by atoms with van der Waals surface area (Å²) in [5, 5.41) is 19.6. The average molecular weight is 254 g/mol. The van der Waals surface area contributed by atoms with Gasteiger partial charge in [-0.3, -0.25) is 0 Å². The highest BCUT2D eigenvalue weighted by molar-refractivity contribution is 7.80. The molecule has 2 atom stereocenters. The Morgan fingerprint density at radius 1 is 1.24 bits per heavy atom. The van der Waals surface area contributed by atoms with Crippen molar-refractivity contribution in [2.24, 2.45) is 0 Å². The molecule has 2 unspecified atom stereocenters. The minimum atomic E-state index is -0.968. The van der Waals surface area contributed by atoms with Gasteiger partial charge in [0.15, 0.2) is 0 Å². The second-order valence-corrected chi connectivity index (χ2v) is 4.36. The van der Waals surface area contributed by atoms with Gasteiger partial charge in [0.05, 0.1) is 17.1 Å². The van der Waals surface area contributed by atoms with E-state index in [1.165, 1.54) is 0 Å². The molecule has 17 heavy (non-hydrogen) atoms. The van der Waals surface area contributed by atoms with Gasteiger partial charge in [-0.15, -0.1) is 0 Å². The molecule has 0 radical (unpaired) electrons. The summed E-state index contributed by atoms with van der Waals surface area (Å²) in [6.45, 7) is 0. The van der Waals surface area contributed by atoms with Crippen molar-refractivity contribution in [1.82, 2.24) is 9.97 Å². The normalized spacial score (nSPS) is 15.0. The minimum absolute atomic E-state index is 0.289. The van der Waals surface area contributed by atoms with Crippen LogP contribution in [0.4, 0.5) is 0 Å². The summed E-state index contributed by atoms with van der Waals surface area (Å²) in [5.74, 6) is 0.501. The molecule has 1 aromatic carbocycles. The fourth-order valence-corrected chi connectivity index (χ4v) is 2.01. The lowest BCUT2D eigenvalue weighted by molar-refractivity contribution is 0.0173. The predicted octanol–water partition coefficient (Wildman–Crippen LogP) is 0.570. The number of hydrogen-bond donors (Lipinski definition) is 5. The molecular formula is C11H14N2O3S. The maximum absolute atomic E-state index is 11.1. The maximum atomic E-state index is 11.1. The fraction of sp³-hybridized carbons (Fsp3) is 0.364. The van der Waals surface area contributed by atoms with Crippen LogP contribution < -0.4 is 5.69 Å². The second kappa shape index (κ2) is 4.95. The van der Waals surface area contributed by atoms with Crippen LogP contribution in [0.25, 0.3) is 11.0 Å². The highest BCUT2D eigenvalue weighted by atomic mass is 32.1. The van der Waals surface area contributed by atoms with Crippen molar-refractivity contribution in [2.75, 3.05) is 5.75 Å². The van der Waals surface area contributed by atoms with Crippen molar-refractivity contribution in [3.63, 3.8) is 0 Å². The lowest BCUT2D eigenvalue weighted by atomic mass is 10.0. The Morgan fingerprint density at radius 2 is 1.94 bits per heavy atom. The van der Waals surface area contributed by atoms with Crippen LogP contribution in [-0.4, -0.2) is 32.0 Å². The van der Waals surface area contributed by atoms with Crippen LogP contribution in [0.3, 0.4) is 0 Å². The Morgan fingerprint density at radius 3 is 2.65 bits per heavy atom. The van der Waals surface area contributed by atoms with Gasteiger partial charge in [-0.1, -0.05) is 6.07 Å². The SMILES string of the molecule is O=c1[nH]c2ccc(C(O)C(O)CCS)cc2[nH]1. The third-order valence-electron chi connectivity index (χ3n) is 2.67. The Bertz CT molecular complexity index is 563. The zero-order valence-corrected chi connectivity index (χ0v) is 9.95. The zero-order chi connectivity index (χ0) is 12.4. The molecule has 92 valence electrons. The van der Waals surface area contributed by atoms with Crippen LogP contribution in [0.15, 0.2) is 23.0 Å². The van der Waals surface area contributed by atoms with Crippen molar-refractivity contribution >= 4 is 23.7 Å². The summed E-state index contributed by atoms with van der Waals surface area (Å²) < 4.78 is 0. The molecule has 0 aliphatic heterocycles. The number of thiol groups is 1. The number of fused-ring (bicyclic) bond motifs is 1. The third-order valence-corrected chi connectivity index (χ3v) is 2.93. The summed E-state index contributed by atoms with van der Waals surface area (Å²) in [5.41, 5.74) is 1.57. The van der Waals surface area contributed by atoms with Crippen molar-refractivity contribution < 1.29 is 10.2 Å². The van der Waals surface area contributed by atoms with Gasteiger partial charge in [0.2, 0.25) is 0 Å². The van der Waals surface area contributed by atoms with Gasteiger partial charge in [-0.05, 0) is 29.9 Å². The largest absolute Gasteiger partial charge is 0.390 e. The standard InChI is InChI=1S/C11H14N2O3S/c14-9(3-4-17)10(15)6-1-2-7-8(5-6)13-11(16)12-7/h1-2,5,9-10,14-15,17H,3-4H2,(H2,12,13,16). The first-order valence-corrected chi connectivity index (χ1v) is 5.94. The van der Waals surface area contributed by atoms with E-state index < -0.39 is 12.2 Å². The molecule has 0 amide bonds. The molecule has 0 saturated heterocycles. The summed E-state index contributed by atoms with van der Waals surface area (Å²) in [6, 6.07) is 5.03. The lowest BCUT2D eigenvalue weighted by Crippen LogP contribution is -2.18. The fourth-order valence-electron chi connectivity index (χ4n) is 1.75. The summed E-state index contributed by atoms with van der Waals surface area (Å²) in [7, 11) is 0. The number of rotatable bonds is 4. The molecule has 0 aliphatic rings. The second-order valence-electron chi connectivity index (χ2n) is 3.91. The van der Waals surface area contributed by atoms with Gasteiger partial charge in [0.1, 0.15) is 6.10 Å². The van der Waals surface area contributed by atoms with Crippen LogP contribution in [0.2, 0.25) is 0 Å². The lowest BCUT2D eigenvalue weighted by Gasteiger charge is -2.17. The average Bonchev–Trinajstić information content (AvgIpc) is 2.67. The Balaban J connectivity index is 2.32. The van der Waals surface area contributed by atoms with Crippen LogP contribution in [-0.2, 0) is 0 Å². The molecule has 0 fully saturated rings. The van der Waals surface area contributed by atoms with Crippen molar-refractivity contribution in [3.8, 4) is 0 Å². The van der Waals surface area contributed by atoms with E-state index in [0.717, 1.165) is 0 Å². The van der Waals surface area contributed by atoms with Crippen LogP contribution in [0.5, 0.6) is 0 Å². The first-order chi connectivity index (χ1) is 8.11. The van der Waals surface area contributed by atoms with Gasteiger partial charge in [0, 0.05) is 0 Å². The Kier molecular flexibility index (Phi) is 3.56. The number of aliphatic hydroxyl groups excluding tert-OH is 2. The quantitative estimate of drug-likeness (QED) is 0.517.